The SMILES string of the molecule is O=c1[nH]c(-c2ccc(Cl)c(Cl)c2)c(-n2nnc3cc(Cl)c(Cl)cc32)c(=O)n1-c1cncc2ccccc12. The van der Waals surface area contributed by atoms with E-state index in [1.54, 1.807) is 42.6 Å². The normalized spacial score (nSPS) is 11.5. The first-order valence-corrected chi connectivity index (χ1v) is 12.2. The third-order valence-electron chi connectivity index (χ3n) is 5.87. The molecule has 37 heavy (non-hydrogen) atoms. The summed E-state index contributed by atoms with van der Waals surface area (Å²) in [5.74, 6) is 0. The Labute approximate surface area is 227 Å². The van der Waals surface area contributed by atoms with Crippen LogP contribution in [0.3, 0.4) is 0 Å². The number of rotatable bonds is 3. The molecule has 6 rings (SSSR count). The summed E-state index contributed by atoms with van der Waals surface area (Å²) in [6, 6.07) is 15.1. The minimum atomic E-state index is -0.682. The van der Waals surface area contributed by atoms with Crippen molar-refractivity contribution in [2.24, 2.45) is 0 Å². The molecule has 3 heterocycles. The van der Waals surface area contributed by atoms with Gasteiger partial charge in [-0.3, -0.25) is 9.78 Å². The van der Waals surface area contributed by atoms with Gasteiger partial charge in [0.15, 0.2) is 5.69 Å². The molecule has 0 amide bonds. The third kappa shape index (κ3) is 3.89. The average molecular weight is 570 g/mol. The van der Waals surface area contributed by atoms with E-state index in [1.807, 2.05) is 18.2 Å². The predicted molar refractivity (Wildman–Crippen MR) is 146 cm³/mol. The highest BCUT2D eigenvalue weighted by atomic mass is 35.5. The van der Waals surface area contributed by atoms with Crippen LogP contribution in [0.2, 0.25) is 20.1 Å². The number of fused-ring (bicyclic) bond motifs is 2. The minimum Gasteiger partial charge on any atom is -0.304 e. The van der Waals surface area contributed by atoms with Gasteiger partial charge in [0.2, 0.25) is 0 Å². The Hall–Kier alpha value is -3.69. The van der Waals surface area contributed by atoms with Gasteiger partial charge in [-0.1, -0.05) is 81.9 Å². The van der Waals surface area contributed by atoms with Gasteiger partial charge in [-0.05, 0) is 24.3 Å². The van der Waals surface area contributed by atoms with Gasteiger partial charge in [-0.2, -0.15) is 0 Å². The Kier molecular flexibility index (Phi) is 5.77. The summed E-state index contributed by atoms with van der Waals surface area (Å²) in [6.45, 7) is 0. The molecule has 0 atom stereocenters. The molecule has 0 aliphatic rings. The van der Waals surface area contributed by atoms with Crippen molar-refractivity contribution in [2.45, 2.75) is 0 Å². The number of nitrogens with zero attached hydrogens (tertiary/aromatic N) is 5. The van der Waals surface area contributed by atoms with Gasteiger partial charge in [0.25, 0.3) is 5.56 Å². The molecule has 0 saturated carbocycles. The molecule has 1 N–H and O–H groups in total. The molecule has 12 heteroatoms. The molecule has 3 aromatic heterocycles. The fraction of sp³-hybridized carbons (Fsp3) is 0. The molecule has 0 spiro atoms. The number of halogens is 4. The molecular formula is C25H12Cl4N6O2. The summed E-state index contributed by atoms with van der Waals surface area (Å²) in [5.41, 5.74) is 0.366. The van der Waals surface area contributed by atoms with Crippen molar-refractivity contribution in [2.75, 3.05) is 0 Å². The van der Waals surface area contributed by atoms with Crippen LogP contribution in [0.4, 0.5) is 0 Å². The highest BCUT2D eigenvalue weighted by Gasteiger charge is 2.23. The Morgan fingerprint density at radius 3 is 2.38 bits per heavy atom. The second-order valence-electron chi connectivity index (χ2n) is 8.06. The van der Waals surface area contributed by atoms with Crippen LogP contribution in [-0.4, -0.2) is 29.5 Å². The molecular weight excluding hydrogens is 558 g/mol. The van der Waals surface area contributed by atoms with Crippen LogP contribution in [0.1, 0.15) is 0 Å². The molecule has 0 radical (unpaired) electrons. The summed E-state index contributed by atoms with van der Waals surface area (Å²) in [5, 5.41) is 10.9. The molecule has 182 valence electrons. The third-order valence-corrected chi connectivity index (χ3v) is 7.33. The molecule has 8 nitrogen and oxygen atoms in total. The van der Waals surface area contributed by atoms with Crippen LogP contribution >= 0.6 is 46.4 Å². The van der Waals surface area contributed by atoms with Gasteiger partial charge in [0.05, 0.1) is 43.2 Å². The van der Waals surface area contributed by atoms with Gasteiger partial charge in [0, 0.05) is 22.5 Å². The van der Waals surface area contributed by atoms with E-state index in [-0.39, 0.29) is 26.4 Å². The highest BCUT2D eigenvalue weighted by Crippen LogP contribution is 2.32. The summed E-state index contributed by atoms with van der Waals surface area (Å²) in [7, 11) is 0. The maximum atomic E-state index is 14.2. The number of hydrogen-bond acceptors (Lipinski definition) is 5. The molecule has 0 aliphatic carbocycles. The lowest BCUT2D eigenvalue weighted by Crippen LogP contribution is -2.37. The molecule has 0 bridgehead atoms. The first kappa shape index (κ1) is 23.7. The van der Waals surface area contributed by atoms with E-state index in [9.17, 15) is 9.59 Å². The zero-order valence-electron chi connectivity index (χ0n) is 18.4. The number of nitrogens with one attached hydrogen (secondary N) is 1. The van der Waals surface area contributed by atoms with Crippen LogP contribution in [0.25, 0.3) is 44.4 Å². The number of hydrogen-bond donors (Lipinski definition) is 1. The first-order valence-electron chi connectivity index (χ1n) is 10.7. The van der Waals surface area contributed by atoms with Crippen molar-refractivity contribution < 1.29 is 0 Å². The monoisotopic (exact) mass is 568 g/mol. The lowest BCUT2D eigenvalue weighted by atomic mass is 10.1. The van der Waals surface area contributed by atoms with E-state index in [2.05, 4.69) is 20.3 Å². The maximum absolute atomic E-state index is 14.2. The summed E-state index contributed by atoms with van der Waals surface area (Å²) >= 11 is 24.8. The topological polar surface area (TPSA) is 98.5 Å². The predicted octanol–water partition coefficient (Wildman–Crippen LogP) is 6.09. The number of pyridine rings is 1. The molecule has 6 aromatic rings. The summed E-state index contributed by atoms with van der Waals surface area (Å²) < 4.78 is 2.32. The van der Waals surface area contributed by atoms with Crippen molar-refractivity contribution in [1.29, 1.82) is 0 Å². The lowest BCUT2D eigenvalue weighted by Gasteiger charge is -2.14. The number of benzene rings is 3. The van der Waals surface area contributed by atoms with Crippen LogP contribution in [0.5, 0.6) is 0 Å². The van der Waals surface area contributed by atoms with Crippen molar-refractivity contribution in [3.05, 3.63) is 108 Å². The van der Waals surface area contributed by atoms with Crippen LogP contribution < -0.4 is 11.2 Å². The van der Waals surface area contributed by atoms with Crippen LogP contribution in [-0.2, 0) is 0 Å². The Morgan fingerprint density at radius 1 is 0.811 bits per heavy atom. The van der Waals surface area contributed by atoms with Gasteiger partial charge in [-0.15, -0.1) is 5.10 Å². The summed E-state index contributed by atoms with van der Waals surface area (Å²) in [4.78, 5) is 34.7. The second kappa shape index (κ2) is 9.00. The average Bonchev–Trinajstić information content (AvgIpc) is 3.27. The standard InChI is InChI=1S/C25H12Cl4N6O2/c26-15-6-5-12(7-16(15)27)22-23(35-20-9-18(29)17(28)8-19(20)32-33-35)24(36)34(25(37)31-22)21-11-30-10-13-3-1-2-4-14(13)21/h1-11H,(H,31,37). The zero-order valence-corrected chi connectivity index (χ0v) is 21.4. The van der Waals surface area contributed by atoms with E-state index >= 15 is 0 Å². The van der Waals surface area contributed by atoms with E-state index in [0.717, 1.165) is 9.95 Å². The van der Waals surface area contributed by atoms with Crippen LogP contribution in [0, 0.1) is 0 Å². The van der Waals surface area contributed by atoms with Gasteiger partial charge < -0.3 is 4.98 Å². The van der Waals surface area contributed by atoms with E-state index < -0.39 is 11.2 Å². The summed E-state index contributed by atoms with van der Waals surface area (Å²) in [6.07, 6.45) is 3.11. The molecule has 0 fully saturated rings. The molecule has 0 saturated heterocycles. The number of H-pyrrole nitrogens is 1. The van der Waals surface area contributed by atoms with Crippen LogP contribution in [0.15, 0.2) is 76.6 Å². The first-order chi connectivity index (χ1) is 17.8. The second-order valence-corrected chi connectivity index (χ2v) is 9.69. The van der Waals surface area contributed by atoms with Gasteiger partial charge in [-0.25, -0.2) is 14.0 Å². The molecule has 0 unspecified atom stereocenters. The number of aromatic nitrogens is 6. The fourth-order valence-corrected chi connectivity index (χ4v) is 4.78. The Balaban J connectivity index is 1.75. The van der Waals surface area contributed by atoms with Gasteiger partial charge in [0.1, 0.15) is 5.52 Å². The Morgan fingerprint density at radius 2 is 1.57 bits per heavy atom. The Bertz CT molecular complexity index is 1990. The van der Waals surface area contributed by atoms with Crippen molar-refractivity contribution in [3.8, 4) is 22.6 Å². The quantitative estimate of drug-likeness (QED) is 0.278. The smallest absolute Gasteiger partial charge is 0.304 e. The molecule has 3 aromatic carbocycles. The van der Waals surface area contributed by atoms with Gasteiger partial charge >= 0.3 is 5.69 Å². The number of aromatic amines is 1. The van der Waals surface area contributed by atoms with Crippen molar-refractivity contribution in [3.63, 3.8) is 0 Å². The fourth-order valence-electron chi connectivity index (χ4n) is 4.16. The highest BCUT2D eigenvalue weighted by molar-refractivity contribution is 6.43. The largest absolute Gasteiger partial charge is 0.333 e. The minimum absolute atomic E-state index is 0.00631. The van der Waals surface area contributed by atoms with Crippen molar-refractivity contribution in [1.82, 2.24) is 29.5 Å². The zero-order chi connectivity index (χ0) is 25.8. The maximum Gasteiger partial charge on any atom is 0.333 e. The molecule has 0 aliphatic heterocycles. The van der Waals surface area contributed by atoms with E-state index in [0.29, 0.717) is 32.7 Å². The lowest BCUT2D eigenvalue weighted by molar-refractivity contribution is 0.779. The van der Waals surface area contributed by atoms with E-state index in [1.165, 1.54) is 10.9 Å². The van der Waals surface area contributed by atoms with Crippen molar-refractivity contribution >= 4 is 68.2 Å². The van der Waals surface area contributed by atoms with E-state index in [4.69, 9.17) is 46.4 Å².